The van der Waals surface area contributed by atoms with E-state index in [4.69, 9.17) is 27.9 Å². The molecule has 2 fully saturated rings. The lowest BCUT2D eigenvalue weighted by Crippen LogP contribution is -2.53. The molecule has 216 valence electrons. The number of carbonyl (C=O) groups is 2. The summed E-state index contributed by atoms with van der Waals surface area (Å²) in [5.41, 5.74) is 3.56. The largest absolute Gasteiger partial charge is 0.444 e. The van der Waals surface area contributed by atoms with Gasteiger partial charge in [-0.25, -0.2) is 4.79 Å². The third-order valence-electron chi connectivity index (χ3n) is 7.96. The molecule has 7 heteroatoms. The van der Waals surface area contributed by atoms with Gasteiger partial charge in [-0.1, -0.05) is 96.9 Å². The fourth-order valence-corrected chi connectivity index (χ4v) is 6.33. The van der Waals surface area contributed by atoms with Gasteiger partial charge in [0.2, 0.25) is 5.91 Å². The number of hydrogen-bond donors (Lipinski definition) is 0. The van der Waals surface area contributed by atoms with Crippen LogP contribution in [0.1, 0.15) is 57.6 Å². The van der Waals surface area contributed by atoms with Crippen molar-refractivity contribution in [3.8, 4) is 11.1 Å². The van der Waals surface area contributed by atoms with Crippen LogP contribution in [-0.4, -0.2) is 46.5 Å². The lowest BCUT2D eigenvalue weighted by Gasteiger charge is -2.44. The number of amides is 2. The van der Waals surface area contributed by atoms with Crippen LogP contribution in [0.25, 0.3) is 11.1 Å². The van der Waals surface area contributed by atoms with Gasteiger partial charge in [-0.2, -0.15) is 0 Å². The van der Waals surface area contributed by atoms with Gasteiger partial charge < -0.3 is 14.5 Å². The first-order chi connectivity index (χ1) is 19.5. The van der Waals surface area contributed by atoms with E-state index in [1.165, 1.54) is 0 Å². The minimum atomic E-state index is -0.621. The van der Waals surface area contributed by atoms with Crippen molar-refractivity contribution in [2.75, 3.05) is 13.1 Å². The molecule has 0 bridgehead atoms. The SMILES string of the molecule is C[C@@H]1CN(C(=O)OC(C)(C)C)C[C@H](C(=O)N(Cc2cccc(Cl)c2Cl)C2CC2)[C@H]1c1cccc(-c2ccccc2)c1. The number of piperidine rings is 1. The second-order valence-electron chi connectivity index (χ2n) is 12.4. The Balaban J connectivity index is 1.51. The molecule has 0 aromatic heterocycles. The minimum Gasteiger partial charge on any atom is -0.444 e. The van der Waals surface area contributed by atoms with Gasteiger partial charge in [-0.3, -0.25) is 4.79 Å². The molecule has 0 radical (unpaired) electrons. The fraction of sp³-hybridized carbons (Fsp3) is 0.412. The molecule has 0 spiro atoms. The average Bonchev–Trinajstić information content (AvgIpc) is 3.78. The van der Waals surface area contributed by atoms with Gasteiger partial charge in [0.25, 0.3) is 0 Å². The smallest absolute Gasteiger partial charge is 0.410 e. The van der Waals surface area contributed by atoms with Crippen LogP contribution in [0.3, 0.4) is 0 Å². The van der Waals surface area contributed by atoms with Gasteiger partial charge in [0.1, 0.15) is 5.60 Å². The summed E-state index contributed by atoms with van der Waals surface area (Å²) in [4.78, 5) is 31.5. The van der Waals surface area contributed by atoms with Crippen molar-refractivity contribution in [2.24, 2.45) is 11.8 Å². The Hall–Kier alpha value is -3.02. The number of carbonyl (C=O) groups excluding carboxylic acids is 2. The summed E-state index contributed by atoms with van der Waals surface area (Å²) in [6.07, 6.45) is 1.53. The summed E-state index contributed by atoms with van der Waals surface area (Å²) in [5, 5.41) is 0.956. The van der Waals surface area contributed by atoms with Crippen molar-refractivity contribution in [1.29, 1.82) is 0 Å². The Morgan fingerprint density at radius 1 is 0.927 bits per heavy atom. The normalized spacial score (nSPS) is 20.9. The van der Waals surface area contributed by atoms with Crippen molar-refractivity contribution in [1.82, 2.24) is 9.80 Å². The third kappa shape index (κ3) is 6.90. The average molecular weight is 594 g/mol. The molecular weight excluding hydrogens is 555 g/mol. The molecule has 5 nitrogen and oxygen atoms in total. The maximum Gasteiger partial charge on any atom is 0.410 e. The highest BCUT2D eigenvalue weighted by atomic mass is 35.5. The van der Waals surface area contributed by atoms with E-state index in [1.54, 1.807) is 11.0 Å². The van der Waals surface area contributed by atoms with Crippen LogP contribution in [0.4, 0.5) is 4.79 Å². The molecule has 5 rings (SSSR count). The highest BCUT2D eigenvalue weighted by molar-refractivity contribution is 6.42. The molecule has 3 aromatic rings. The van der Waals surface area contributed by atoms with E-state index in [0.29, 0.717) is 29.7 Å². The van der Waals surface area contributed by atoms with Gasteiger partial charge in [-0.05, 0) is 67.9 Å². The Morgan fingerprint density at radius 2 is 1.61 bits per heavy atom. The van der Waals surface area contributed by atoms with E-state index >= 15 is 0 Å². The zero-order valence-corrected chi connectivity index (χ0v) is 25.7. The predicted molar refractivity (Wildman–Crippen MR) is 165 cm³/mol. The maximum absolute atomic E-state index is 14.6. The quantitative estimate of drug-likeness (QED) is 0.288. The summed E-state index contributed by atoms with van der Waals surface area (Å²) < 4.78 is 5.75. The Labute approximate surface area is 253 Å². The van der Waals surface area contributed by atoms with Gasteiger partial charge in [0.15, 0.2) is 0 Å². The molecule has 1 saturated heterocycles. The van der Waals surface area contributed by atoms with Crippen molar-refractivity contribution in [3.63, 3.8) is 0 Å². The molecule has 0 N–H and O–H groups in total. The Morgan fingerprint density at radius 3 is 2.29 bits per heavy atom. The molecule has 1 aliphatic carbocycles. The van der Waals surface area contributed by atoms with Gasteiger partial charge >= 0.3 is 6.09 Å². The summed E-state index contributed by atoms with van der Waals surface area (Å²) in [6, 6.07) is 24.5. The van der Waals surface area contributed by atoms with Crippen LogP contribution in [-0.2, 0) is 16.1 Å². The van der Waals surface area contributed by atoms with Crippen LogP contribution >= 0.6 is 23.2 Å². The second-order valence-corrected chi connectivity index (χ2v) is 13.2. The summed E-state index contributed by atoms with van der Waals surface area (Å²) in [6.45, 7) is 8.92. The number of halogens is 2. The third-order valence-corrected chi connectivity index (χ3v) is 8.82. The second kappa shape index (κ2) is 12.1. The highest BCUT2D eigenvalue weighted by Crippen LogP contribution is 2.42. The lowest BCUT2D eigenvalue weighted by molar-refractivity contribution is -0.140. The number of rotatable bonds is 6. The Bertz CT molecular complexity index is 1400. The van der Waals surface area contributed by atoms with Gasteiger partial charge in [0.05, 0.1) is 16.0 Å². The molecule has 41 heavy (non-hydrogen) atoms. The van der Waals surface area contributed by atoms with Crippen molar-refractivity contribution >= 4 is 35.2 Å². The van der Waals surface area contributed by atoms with Crippen LogP contribution in [0, 0.1) is 11.8 Å². The topological polar surface area (TPSA) is 49.9 Å². The van der Waals surface area contributed by atoms with E-state index in [0.717, 1.165) is 35.1 Å². The molecule has 1 heterocycles. The summed E-state index contributed by atoms with van der Waals surface area (Å²) >= 11 is 12.9. The summed E-state index contributed by atoms with van der Waals surface area (Å²) in [5.74, 6) is -0.428. The number of hydrogen-bond acceptors (Lipinski definition) is 3. The molecule has 2 aliphatic rings. The van der Waals surface area contributed by atoms with Crippen LogP contribution in [0.15, 0.2) is 72.8 Å². The van der Waals surface area contributed by atoms with Crippen LogP contribution in [0.5, 0.6) is 0 Å². The number of likely N-dealkylation sites (tertiary alicyclic amines) is 1. The standard InChI is InChI=1S/C34H38Cl2N2O3/c1-22-19-37(33(40)41-34(2,3)4)21-28(30(22)25-13-8-12-24(18-25)23-10-6-5-7-11-23)32(39)38(27-16-17-27)20-26-14-9-15-29(35)31(26)36/h5-15,18,22,27-28,30H,16-17,19-21H2,1-4H3/t22-,28+,30-/m1/s1. The molecule has 3 aromatic carbocycles. The van der Waals surface area contributed by atoms with Crippen LogP contribution in [0.2, 0.25) is 10.0 Å². The van der Waals surface area contributed by atoms with E-state index in [-0.39, 0.29) is 29.9 Å². The van der Waals surface area contributed by atoms with Gasteiger partial charge in [0, 0.05) is 31.6 Å². The molecule has 3 atom stereocenters. The maximum atomic E-state index is 14.6. The predicted octanol–water partition coefficient (Wildman–Crippen LogP) is 8.44. The minimum absolute atomic E-state index is 0.0343. The highest BCUT2D eigenvalue weighted by Gasteiger charge is 2.46. The van der Waals surface area contributed by atoms with Crippen molar-refractivity contribution < 1.29 is 14.3 Å². The monoisotopic (exact) mass is 592 g/mol. The van der Waals surface area contributed by atoms with E-state index < -0.39 is 11.5 Å². The fourth-order valence-electron chi connectivity index (χ4n) is 5.95. The first-order valence-corrected chi connectivity index (χ1v) is 15.1. The van der Waals surface area contributed by atoms with Crippen LogP contribution < -0.4 is 0 Å². The zero-order chi connectivity index (χ0) is 29.3. The molecule has 0 unspecified atom stereocenters. The molecular formula is C34H38Cl2N2O3. The van der Waals surface area contributed by atoms with E-state index in [2.05, 4.69) is 43.3 Å². The number of benzene rings is 3. The first kappa shape index (κ1) is 29.5. The zero-order valence-electron chi connectivity index (χ0n) is 24.1. The first-order valence-electron chi connectivity index (χ1n) is 14.4. The van der Waals surface area contributed by atoms with E-state index in [1.807, 2.05) is 56.0 Å². The molecule has 2 amide bonds. The van der Waals surface area contributed by atoms with E-state index in [9.17, 15) is 9.59 Å². The lowest BCUT2D eigenvalue weighted by atomic mass is 9.73. The number of ether oxygens (including phenoxy) is 1. The van der Waals surface area contributed by atoms with Crippen molar-refractivity contribution in [3.05, 3.63) is 94.0 Å². The summed E-state index contributed by atoms with van der Waals surface area (Å²) in [7, 11) is 0. The number of nitrogens with zero attached hydrogens (tertiary/aromatic N) is 2. The molecule has 1 aliphatic heterocycles. The molecule has 1 saturated carbocycles. The van der Waals surface area contributed by atoms with Crippen molar-refractivity contribution in [2.45, 2.75) is 64.6 Å². The Kier molecular flexibility index (Phi) is 8.68. The van der Waals surface area contributed by atoms with Gasteiger partial charge in [-0.15, -0.1) is 0 Å².